The number of hydrogen-bond donors (Lipinski definition) is 1. The van der Waals surface area contributed by atoms with Crippen LogP contribution in [-0.2, 0) is 13.1 Å². The number of aryl methyl sites for hydroxylation is 2. The molecule has 0 saturated heterocycles. The lowest BCUT2D eigenvalue weighted by molar-refractivity contribution is 0.742. The molecule has 3 heteroatoms. The fraction of sp³-hybridized carbons (Fsp3) is 0.350. The molecule has 3 nitrogen and oxygen atoms in total. The van der Waals surface area contributed by atoms with Gasteiger partial charge in [0.05, 0.1) is 17.6 Å². The number of rotatable bonds is 4. The number of nitrogens with zero attached hydrogens (tertiary/aromatic N) is 2. The van der Waals surface area contributed by atoms with Gasteiger partial charge < -0.3 is 10.3 Å². The molecular weight excluding hydrogens is 282 g/mol. The van der Waals surface area contributed by atoms with Crippen LogP contribution < -0.4 is 5.73 Å². The molecular formula is C20H25N3. The normalized spacial score (nSPS) is 11.6. The molecule has 0 aliphatic carbocycles. The maximum Gasteiger partial charge on any atom is 0.123 e. The second kappa shape index (κ2) is 6.17. The lowest BCUT2D eigenvalue weighted by Gasteiger charge is -2.11. The summed E-state index contributed by atoms with van der Waals surface area (Å²) in [4.78, 5) is 4.71. The maximum atomic E-state index is 5.92. The Bertz CT molecular complexity index is 826. The first-order chi connectivity index (χ1) is 11.0. The minimum Gasteiger partial charge on any atom is -0.324 e. The second-order valence-corrected chi connectivity index (χ2v) is 6.64. The first-order valence-corrected chi connectivity index (χ1v) is 8.25. The number of imidazole rings is 1. The fourth-order valence-electron chi connectivity index (χ4n) is 2.95. The Morgan fingerprint density at radius 2 is 1.70 bits per heavy atom. The van der Waals surface area contributed by atoms with Crippen LogP contribution in [0.25, 0.3) is 11.0 Å². The van der Waals surface area contributed by atoms with Gasteiger partial charge in [-0.2, -0.15) is 0 Å². The standard InChI is InChI=1S/C20H25N3/c1-13(2)17-7-5-16(6-8-17)12-23-19-10-15(4)14(3)9-18(19)22-20(23)11-21/h5-10,13H,11-12,21H2,1-4H3. The summed E-state index contributed by atoms with van der Waals surface area (Å²) >= 11 is 0. The highest BCUT2D eigenvalue weighted by atomic mass is 15.1. The molecule has 23 heavy (non-hydrogen) atoms. The van der Waals surface area contributed by atoms with Crippen molar-refractivity contribution in [3.05, 3.63) is 64.5 Å². The van der Waals surface area contributed by atoms with Crippen LogP contribution in [0.5, 0.6) is 0 Å². The van der Waals surface area contributed by atoms with Crippen molar-refractivity contribution in [3.63, 3.8) is 0 Å². The molecule has 0 bridgehead atoms. The van der Waals surface area contributed by atoms with E-state index in [2.05, 4.69) is 68.7 Å². The van der Waals surface area contributed by atoms with Crippen LogP contribution in [0.4, 0.5) is 0 Å². The molecule has 0 spiro atoms. The maximum absolute atomic E-state index is 5.92. The van der Waals surface area contributed by atoms with Gasteiger partial charge in [0.15, 0.2) is 0 Å². The van der Waals surface area contributed by atoms with Crippen molar-refractivity contribution in [2.45, 2.75) is 46.7 Å². The molecule has 1 aromatic heterocycles. The average molecular weight is 307 g/mol. The van der Waals surface area contributed by atoms with Gasteiger partial charge in [-0.3, -0.25) is 0 Å². The summed E-state index contributed by atoms with van der Waals surface area (Å²) in [5, 5.41) is 0. The van der Waals surface area contributed by atoms with Crippen molar-refractivity contribution in [3.8, 4) is 0 Å². The molecule has 3 aromatic rings. The lowest BCUT2D eigenvalue weighted by Crippen LogP contribution is -2.09. The highest BCUT2D eigenvalue weighted by molar-refractivity contribution is 5.78. The third-order valence-corrected chi connectivity index (χ3v) is 4.61. The van der Waals surface area contributed by atoms with E-state index in [1.165, 1.54) is 27.8 Å². The monoisotopic (exact) mass is 307 g/mol. The summed E-state index contributed by atoms with van der Waals surface area (Å²) in [5.41, 5.74) is 13.3. The van der Waals surface area contributed by atoms with Gasteiger partial charge in [0.25, 0.3) is 0 Å². The van der Waals surface area contributed by atoms with Crippen molar-refractivity contribution in [1.82, 2.24) is 9.55 Å². The predicted molar refractivity (Wildman–Crippen MR) is 96.7 cm³/mol. The fourth-order valence-corrected chi connectivity index (χ4v) is 2.95. The summed E-state index contributed by atoms with van der Waals surface area (Å²) in [6, 6.07) is 13.2. The van der Waals surface area contributed by atoms with Gasteiger partial charge in [0.1, 0.15) is 5.82 Å². The third kappa shape index (κ3) is 3.02. The van der Waals surface area contributed by atoms with Crippen molar-refractivity contribution < 1.29 is 0 Å². The molecule has 3 rings (SSSR count). The van der Waals surface area contributed by atoms with Gasteiger partial charge in [0.2, 0.25) is 0 Å². The van der Waals surface area contributed by atoms with Crippen LogP contribution in [0.3, 0.4) is 0 Å². The van der Waals surface area contributed by atoms with Crippen LogP contribution in [-0.4, -0.2) is 9.55 Å². The van der Waals surface area contributed by atoms with Gasteiger partial charge >= 0.3 is 0 Å². The molecule has 0 atom stereocenters. The van der Waals surface area contributed by atoms with E-state index in [-0.39, 0.29) is 0 Å². The van der Waals surface area contributed by atoms with Crippen molar-refractivity contribution >= 4 is 11.0 Å². The summed E-state index contributed by atoms with van der Waals surface area (Å²) in [5.74, 6) is 1.50. The highest BCUT2D eigenvalue weighted by Crippen LogP contribution is 2.22. The van der Waals surface area contributed by atoms with Crippen LogP contribution in [0.2, 0.25) is 0 Å². The topological polar surface area (TPSA) is 43.8 Å². The Hall–Kier alpha value is -2.13. The zero-order valence-corrected chi connectivity index (χ0v) is 14.4. The predicted octanol–water partition coefficient (Wildman–Crippen LogP) is 4.28. The van der Waals surface area contributed by atoms with E-state index < -0.39 is 0 Å². The van der Waals surface area contributed by atoms with Crippen LogP contribution in [0.1, 0.15) is 47.8 Å². The van der Waals surface area contributed by atoms with Crippen molar-refractivity contribution in [2.24, 2.45) is 5.73 Å². The highest BCUT2D eigenvalue weighted by Gasteiger charge is 2.11. The molecule has 0 fully saturated rings. The lowest BCUT2D eigenvalue weighted by atomic mass is 10.0. The number of fused-ring (bicyclic) bond motifs is 1. The average Bonchev–Trinajstić information content (AvgIpc) is 2.85. The first-order valence-electron chi connectivity index (χ1n) is 8.25. The second-order valence-electron chi connectivity index (χ2n) is 6.64. The number of aromatic nitrogens is 2. The van der Waals surface area contributed by atoms with Crippen LogP contribution in [0.15, 0.2) is 36.4 Å². The van der Waals surface area contributed by atoms with Gasteiger partial charge in [-0.05, 0) is 54.2 Å². The van der Waals surface area contributed by atoms with Crippen molar-refractivity contribution in [2.75, 3.05) is 0 Å². The Labute approximate surface area is 138 Å². The minimum absolute atomic E-state index is 0.455. The molecule has 0 radical (unpaired) electrons. The SMILES string of the molecule is Cc1cc2nc(CN)n(Cc3ccc(C(C)C)cc3)c2cc1C. The molecule has 2 N–H and O–H groups in total. The molecule has 1 heterocycles. The summed E-state index contributed by atoms with van der Waals surface area (Å²) in [6.07, 6.45) is 0. The Morgan fingerprint density at radius 1 is 1.04 bits per heavy atom. The zero-order valence-electron chi connectivity index (χ0n) is 14.4. The smallest absolute Gasteiger partial charge is 0.123 e. The van der Waals surface area contributed by atoms with E-state index in [9.17, 15) is 0 Å². The van der Waals surface area contributed by atoms with Crippen LogP contribution in [0, 0.1) is 13.8 Å². The summed E-state index contributed by atoms with van der Waals surface area (Å²) in [7, 11) is 0. The molecule has 0 unspecified atom stereocenters. The van der Waals surface area contributed by atoms with E-state index >= 15 is 0 Å². The number of nitrogens with two attached hydrogens (primary N) is 1. The summed E-state index contributed by atoms with van der Waals surface area (Å²) < 4.78 is 2.24. The molecule has 0 aliphatic heterocycles. The summed E-state index contributed by atoms with van der Waals surface area (Å²) in [6.45, 7) is 9.97. The van der Waals surface area contributed by atoms with Gasteiger partial charge in [-0.1, -0.05) is 38.1 Å². The van der Waals surface area contributed by atoms with E-state index in [0.29, 0.717) is 12.5 Å². The minimum atomic E-state index is 0.455. The Morgan fingerprint density at radius 3 is 2.30 bits per heavy atom. The van der Waals surface area contributed by atoms with E-state index in [1.807, 2.05) is 0 Å². The van der Waals surface area contributed by atoms with Gasteiger partial charge in [-0.15, -0.1) is 0 Å². The van der Waals surface area contributed by atoms with E-state index in [0.717, 1.165) is 17.9 Å². The quantitative estimate of drug-likeness (QED) is 0.781. The zero-order chi connectivity index (χ0) is 16.6. The molecule has 0 saturated carbocycles. The van der Waals surface area contributed by atoms with E-state index in [4.69, 9.17) is 10.7 Å². The molecule has 0 amide bonds. The Kier molecular flexibility index (Phi) is 4.22. The number of hydrogen-bond acceptors (Lipinski definition) is 2. The first kappa shape index (κ1) is 15.8. The number of benzene rings is 2. The third-order valence-electron chi connectivity index (χ3n) is 4.61. The van der Waals surface area contributed by atoms with Gasteiger partial charge in [-0.25, -0.2) is 4.98 Å². The Balaban J connectivity index is 2.02. The van der Waals surface area contributed by atoms with Crippen LogP contribution >= 0.6 is 0 Å². The van der Waals surface area contributed by atoms with Gasteiger partial charge in [0, 0.05) is 6.54 Å². The molecule has 2 aromatic carbocycles. The molecule has 0 aliphatic rings. The van der Waals surface area contributed by atoms with E-state index in [1.54, 1.807) is 0 Å². The molecule has 120 valence electrons. The van der Waals surface area contributed by atoms with Crippen molar-refractivity contribution in [1.29, 1.82) is 0 Å². The largest absolute Gasteiger partial charge is 0.324 e.